The Balaban J connectivity index is 1.61. The molecular weight excluding hydrogens is 1720 g/mol. The maximum atomic E-state index is 14.9. The number of benzene rings is 3. The highest BCUT2D eigenvalue weighted by molar-refractivity contribution is 6.01. The van der Waals surface area contributed by atoms with E-state index in [4.69, 9.17) is 56.4 Å². The number of carboxylic acid groups (broad SMARTS) is 1. The third-order valence-corrected chi connectivity index (χ3v) is 22.4. The summed E-state index contributed by atoms with van der Waals surface area (Å²) < 4.78 is 0. The molecule has 1 heterocycles. The Kier molecular flexibility index (Phi) is 50.2. The third kappa shape index (κ3) is 40.3. The number of unbranched alkanes of at least 4 members (excludes halogenated alkanes) is 3. The molecule has 1 aromatic heterocycles. The minimum atomic E-state index is -1.86. The van der Waals surface area contributed by atoms with E-state index in [1.807, 2.05) is 0 Å². The quantitative estimate of drug-likeness (QED) is 0.0115. The highest BCUT2D eigenvalue weighted by Gasteiger charge is 2.40. The van der Waals surface area contributed by atoms with Gasteiger partial charge in [0, 0.05) is 49.6 Å². The number of aliphatic carboxylic acids is 1. The van der Waals surface area contributed by atoms with Crippen LogP contribution in [0.5, 0.6) is 11.5 Å². The predicted molar refractivity (Wildman–Crippen MR) is 499 cm³/mol. The Bertz CT molecular complexity index is 4470. The molecule has 16 atom stereocenters. The van der Waals surface area contributed by atoms with Crippen molar-refractivity contribution in [2.24, 2.45) is 57.9 Å². The molecular formula is C88H143N27O18. The molecule has 45 nitrogen and oxygen atoms in total. The van der Waals surface area contributed by atoms with Crippen LogP contribution in [0.2, 0.25) is 0 Å². The standard InChI is InChI=1S/C88H143N27O18/c1-8-49(5)70(115-78(125)61(24-13-16-38-90)107-79(126)66(44-53-31-35-56(118)36-32-53)111-82(129)69(48(3)4)113-84(131)71(50(6)9-2)114-73(120)58(92)43-52-29-33-55(117)34-30-52)83(130)108-64(28-20-42-101-88(97)98)77(124)112-68(47-116)81(128)103-51(7)72(119)104-62(26-18-40-99-86(93)94)75(122)105-60(23-12-15-37-89)74(121)106-63(27-19-41-100-87(95)96)76(123)110-67(45-54-46-102-59-22-11-10-21-57(54)59)80(127)109-65(85(132)133)25-14-17-39-91/h10-11,21-22,29-36,46,48-51,58,60-71,102,116-118H,8-9,12-20,23-28,37-45,47,89-92H2,1-7H3,(H,103,128)(H,104,119)(H,105,122)(H,106,121)(H,107,126)(H,108,130)(H,109,127)(H,110,123)(H,111,129)(H,112,124)(H,113,131)(H,114,120)(H,115,125)(H,132,133)(H4,93,94,99)(H4,95,96,100)(H4,97,98,101)/t49-,50-,51-,58-,60-,61-,62-,63-,64-,65-,66-,67-,68-,69-,70-,71-/m0/s1. The SMILES string of the molecule is CC[C@H](C)[C@H](NC(=O)[C@H](CCCCN)NC(=O)[C@H](Cc1ccc(O)cc1)NC(=O)[C@@H](NC(=O)[C@@H](NC(=O)[C@@H](N)Cc1ccc(O)cc1)[C@@H](C)CC)C(C)C)C(=O)N[C@@H](CCCNC(=N)N)C(=O)N[C@@H](CO)C(=O)N[C@@H](C)C(=O)N[C@@H](CCCNC(=N)N)C(=O)N[C@@H](CCCCN)C(=O)N[C@@H](CCCNC(=N)N)C(=O)N[C@@H](Cc1c[nH]c2ccccc12)C(=O)N[C@@H](CCCCN)C(=O)O. The van der Waals surface area contributed by atoms with E-state index >= 15 is 0 Å². The van der Waals surface area contributed by atoms with Gasteiger partial charge in [0.15, 0.2) is 17.9 Å². The van der Waals surface area contributed by atoms with Crippen LogP contribution in [0.3, 0.4) is 0 Å². The summed E-state index contributed by atoms with van der Waals surface area (Å²) in [5, 5.41) is 107. The summed E-state index contributed by atoms with van der Waals surface area (Å²) in [5.41, 5.74) is 42.8. The second-order valence-corrected chi connectivity index (χ2v) is 33.5. The number of aromatic amines is 1. The van der Waals surface area contributed by atoms with Crippen molar-refractivity contribution in [3.8, 4) is 11.5 Å². The van der Waals surface area contributed by atoms with Crippen LogP contribution in [0.4, 0.5) is 0 Å². The Morgan fingerprint density at radius 1 is 0.368 bits per heavy atom. The zero-order chi connectivity index (χ0) is 99.0. The molecule has 13 amide bonds. The fourth-order valence-electron chi connectivity index (χ4n) is 14.2. The van der Waals surface area contributed by atoms with Gasteiger partial charge in [-0.2, -0.15) is 0 Å². The first-order valence-electron chi connectivity index (χ1n) is 45.2. The molecule has 4 rings (SSSR count). The van der Waals surface area contributed by atoms with Crippen LogP contribution in [0.15, 0.2) is 79.0 Å². The lowest BCUT2D eigenvalue weighted by atomic mass is 9.95. The molecule has 0 aliphatic heterocycles. The molecule has 0 unspecified atom stereocenters. The number of para-hydroxylation sites is 1. The molecule has 0 fully saturated rings. The van der Waals surface area contributed by atoms with E-state index < -0.39 is 210 Å². The lowest BCUT2D eigenvalue weighted by molar-refractivity contribution is -0.142. The number of carbonyl (C=O) groups is 14. The Hall–Kier alpha value is -13.0. The number of carboxylic acids is 1. The number of nitrogens with one attached hydrogen (secondary N) is 20. The van der Waals surface area contributed by atoms with E-state index in [2.05, 4.69) is 90.1 Å². The van der Waals surface area contributed by atoms with Crippen molar-refractivity contribution in [3.05, 3.63) is 95.7 Å². The van der Waals surface area contributed by atoms with E-state index in [-0.39, 0.29) is 147 Å². The Labute approximate surface area is 774 Å². The van der Waals surface area contributed by atoms with Crippen molar-refractivity contribution in [2.75, 3.05) is 45.9 Å². The van der Waals surface area contributed by atoms with E-state index in [9.17, 15) is 87.5 Å². The van der Waals surface area contributed by atoms with Crippen LogP contribution in [0, 0.1) is 34.0 Å². The van der Waals surface area contributed by atoms with Crippen molar-refractivity contribution in [3.63, 3.8) is 0 Å². The van der Waals surface area contributed by atoms with Crippen LogP contribution >= 0.6 is 0 Å². The zero-order valence-electron chi connectivity index (χ0n) is 77.0. The van der Waals surface area contributed by atoms with Crippen LogP contribution in [0.1, 0.15) is 174 Å². The number of fused-ring (bicyclic) bond motifs is 1. The van der Waals surface area contributed by atoms with Crippen molar-refractivity contribution >= 4 is 112 Å². The molecule has 0 spiro atoms. The smallest absolute Gasteiger partial charge is 0.326 e. The number of phenolic OH excluding ortho intramolecular Hbond substituents is 2. The topological polar surface area (TPSA) is 782 Å². The van der Waals surface area contributed by atoms with Crippen molar-refractivity contribution in [1.29, 1.82) is 16.2 Å². The van der Waals surface area contributed by atoms with Gasteiger partial charge in [0.25, 0.3) is 0 Å². The van der Waals surface area contributed by atoms with Crippen LogP contribution < -0.4 is 125 Å². The van der Waals surface area contributed by atoms with Gasteiger partial charge in [-0.3, -0.25) is 78.6 Å². The number of H-pyrrole nitrogens is 1. The van der Waals surface area contributed by atoms with Gasteiger partial charge in [0.1, 0.15) is 90.0 Å². The summed E-state index contributed by atoms with van der Waals surface area (Å²) in [6, 6.07) is -1.42. The average molecular weight is 1870 g/mol. The zero-order valence-corrected chi connectivity index (χ0v) is 77.0. The molecule has 45 heteroatoms. The molecule has 738 valence electrons. The van der Waals surface area contributed by atoms with E-state index in [0.717, 1.165) is 0 Å². The van der Waals surface area contributed by atoms with Crippen molar-refractivity contribution in [1.82, 2.24) is 90.1 Å². The van der Waals surface area contributed by atoms with Gasteiger partial charge in [0.2, 0.25) is 76.8 Å². The number of hydrogen-bond donors (Lipinski definition) is 31. The molecule has 0 bridgehead atoms. The maximum Gasteiger partial charge on any atom is 0.326 e. The van der Waals surface area contributed by atoms with Gasteiger partial charge < -0.3 is 151 Å². The lowest BCUT2D eigenvalue weighted by Gasteiger charge is -2.31. The summed E-state index contributed by atoms with van der Waals surface area (Å²) in [7, 11) is 0. The molecule has 3 aromatic carbocycles. The van der Waals surface area contributed by atoms with Gasteiger partial charge in [-0.15, -0.1) is 0 Å². The Morgan fingerprint density at radius 2 is 0.692 bits per heavy atom. The van der Waals surface area contributed by atoms with Gasteiger partial charge in [-0.05, 0) is 194 Å². The summed E-state index contributed by atoms with van der Waals surface area (Å²) in [4.78, 5) is 204. The van der Waals surface area contributed by atoms with Crippen LogP contribution in [0.25, 0.3) is 10.9 Å². The minimum absolute atomic E-state index is 0.00638. The number of nitrogens with two attached hydrogens (primary N) is 7. The highest BCUT2D eigenvalue weighted by atomic mass is 16.4. The molecule has 0 aliphatic rings. The number of aromatic hydroxyl groups is 2. The summed E-state index contributed by atoms with van der Waals surface area (Å²) in [6.45, 7) is 10.9. The number of rotatable bonds is 63. The largest absolute Gasteiger partial charge is 0.508 e. The van der Waals surface area contributed by atoms with Crippen molar-refractivity contribution in [2.45, 2.75) is 261 Å². The van der Waals surface area contributed by atoms with Gasteiger partial charge in [-0.25, -0.2) is 4.79 Å². The number of hydrogen-bond acceptors (Lipinski definition) is 24. The fraction of sp³-hybridized carbons (Fsp3) is 0.580. The summed E-state index contributed by atoms with van der Waals surface area (Å²) >= 11 is 0. The lowest BCUT2D eigenvalue weighted by Crippen LogP contribution is -2.62. The molecule has 38 N–H and O–H groups in total. The first kappa shape index (κ1) is 112. The van der Waals surface area contributed by atoms with E-state index in [0.29, 0.717) is 59.7 Å². The first-order chi connectivity index (χ1) is 63.2. The number of aliphatic hydroxyl groups excluding tert-OH is 1. The van der Waals surface area contributed by atoms with E-state index in [1.165, 1.54) is 43.3 Å². The molecule has 0 aliphatic carbocycles. The number of aromatic nitrogens is 1. The maximum absolute atomic E-state index is 14.9. The predicted octanol–water partition coefficient (Wildman–Crippen LogP) is -3.74. The molecule has 0 radical (unpaired) electrons. The molecule has 0 saturated carbocycles. The monoisotopic (exact) mass is 1870 g/mol. The van der Waals surface area contributed by atoms with Gasteiger partial charge in [0.05, 0.1) is 12.6 Å². The normalized spacial score (nSPS) is 14.8. The molecule has 133 heavy (non-hydrogen) atoms. The Morgan fingerprint density at radius 3 is 1.11 bits per heavy atom. The second kappa shape index (κ2) is 59.4. The summed E-state index contributed by atoms with van der Waals surface area (Å²) in [5.74, 6) is -16.3. The number of carbonyl (C=O) groups excluding carboxylic acids is 13. The number of amides is 13. The van der Waals surface area contributed by atoms with Gasteiger partial charge in [-0.1, -0.05) is 96.8 Å². The second-order valence-electron chi connectivity index (χ2n) is 33.5. The van der Waals surface area contributed by atoms with Gasteiger partial charge >= 0.3 is 5.97 Å². The molecule has 4 aromatic rings. The van der Waals surface area contributed by atoms with Crippen LogP contribution in [-0.2, 0) is 86.4 Å². The average Bonchev–Trinajstić information content (AvgIpc) is 1.69. The third-order valence-electron chi connectivity index (χ3n) is 22.4. The molecule has 0 saturated heterocycles. The first-order valence-corrected chi connectivity index (χ1v) is 45.2. The number of aliphatic hydroxyl groups is 1. The van der Waals surface area contributed by atoms with Crippen LogP contribution in [-0.4, -0.2) is 257 Å². The van der Waals surface area contributed by atoms with Crippen molar-refractivity contribution < 1.29 is 87.5 Å². The number of phenols is 2. The van der Waals surface area contributed by atoms with E-state index in [1.54, 1.807) is 84.1 Å². The fourth-order valence-corrected chi connectivity index (χ4v) is 14.2. The summed E-state index contributed by atoms with van der Waals surface area (Å²) in [6.07, 6.45) is 3.34. The minimum Gasteiger partial charge on any atom is -0.508 e. The number of guanidine groups is 3. The highest BCUT2D eigenvalue weighted by Crippen LogP contribution is 2.22.